The first-order valence-corrected chi connectivity index (χ1v) is 8.16. The third-order valence-corrected chi connectivity index (χ3v) is 4.05. The summed E-state index contributed by atoms with van der Waals surface area (Å²) in [4.78, 5) is 17.0. The first kappa shape index (κ1) is 16.7. The van der Waals surface area contributed by atoms with Crippen molar-refractivity contribution in [2.45, 2.75) is 5.92 Å². The number of nitrogens with zero attached hydrogens (tertiary/aromatic N) is 1. The van der Waals surface area contributed by atoms with E-state index in [4.69, 9.17) is 4.74 Å². The van der Waals surface area contributed by atoms with Crippen LogP contribution in [-0.2, 0) is 0 Å². The monoisotopic (exact) mass is 332 g/mol. The molecule has 1 N–H and O–H groups in total. The normalized spacial score (nSPS) is 11.6. The Labute approximate surface area is 147 Å². The number of aromatic nitrogens is 1. The molecule has 3 aromatic rings. The van der Waals surface area contributed by atoms with Crippen molar-refractivity contribution >= 4 is 5.91 Å². The number of methoxy groups -OCH3 is 1. The van der Waals surface area contributed by atoms with Crippen molar-refractivity contribution in [1.29, 1.82) is 0 Å². The zero-order valence-electron chi connectivity index (χ0n) is 14.1. The zero-order valence-corrected chi connectivity index (χ0v) is 14.1. The number of amides is 1. The second kappa shape index (κ2) is 8.11. The van der Waals surface area contributed by atoms with Crippen LogP contribution < -0.4 is 10.1 Å². The zero-order chi connectivity index (χ0) is 17.5. The van der Waals surface area contributed by atoms with Gasteiger partial charge in [-0.05, 0) is 35.9 Å². The van der Waals surface area contributed by atoms with Crippen LogP contribution in [0.5, 0.6) is 5.75 Å². The summed E-state index contributed by atoms with van der Waals surface area (Å²) < 4.78 is 5.18. The minimum absolute atomic E-state index is 0.00282. The third-order valence-electron chi connectivity index (χ3n) is 4.05. The van der Waals surface area contributed by atoms with E-state index >= 15 is 0 Å². The molecule has 126 valence electrons. The molecule has 1 atom stereocenters. The van der Waals surface area contributed by atoms with Gasteiger partial charge in [-0.15, -0.1) is 0 Å². The number of ether oxygens (including phenoxy) is 1. The Hall–Kier alpha value is -3.14. The summed E-state index contributed by atoms with van der Waals surface area (Å²) in [6.07, 6.45) is 1.77. The first-order chi connectivity index (χ1) is 12.3. The number of carbonyl (C=O) groups excluding carboxylic acids is 1. The number of hydrogen-bond donors (Lipinski definition) is 1. The Morgan fingerprint density at radius 3 is 2.56 bits per heavy atom. The summed E-state index contributed by atoms with van der Waals surface area (Å²) in [5.74, 6) is 0.532. The van der Waals surface area contributed by atoms with Gasteiger partial charge in [-0.2, -0.15) is 0 Å². The summed E-state index contributed by atoms with van der Waals surface area (Å²) in [7, 11) is 1.59. The predicted octanol–water partition coefficient (Wildman–Crippen LogP) is 3.65. The Balaban J connectivity index is 1.78. The Bertz CT molecular complexity index is 780. The summed E-state index contributed by atoms with van der Waals surface area (Å²) >= 11 is 0. The number of pyridine rings is 1. The maximum Gasteiger partial charge on any atom is 0.251 e. The van der Waals surface area contributed by atoms with Gasteiger partial charge in [0.2, 0.25) is 0 Å². The van der Waals surface area contributed by atoms with E-state index in [2.05, 4.69) is 22.4 Å². The topological polar surface area (TPSA) is 51.2 Å². The number of benzene rings is 2. The van der Waals surface area contributed by atoms with E-state index in [1.807, 2.05) is 42.5 Å². The van der Waals surface area contributed by atoms with Gasteiger partial charge in [-0.25, -0.2) is 0 Å². The van der Waals surface area contributed by atoms with Crippen molar-refractivity contribution in [2.24, 2.45) is 0 Å². The van der Waals surface area contributed by atoms with Gasteiger partial charge >= 0.3 is 0 Å². The fourth-order valence-electron chi connectivity index (χ4n) is 2.72. The lowest BCUT2D eigenvalue weighted by Gasteiger charge is -2.18. The van der Waals surface area contributed by atoms with Crippen molar-refractivity contribution < 1.29 is 9.53 Å². The van der Waals surface area contributed by atoms with Crippen LogP contribution in [0.3, 0.4) is 0 Å². The molecule has 25 heavy (non-hydrogen) atoms. The van der Waals surface area contributed by atoms with Gasteiger partial charge in [0, 0.05) is 29.9 Å². The molecule has 1 aromatic heterocycles. The molecule has 0 spiro atoms. The van der Waals surface area contributed by atoms with Crippen LogP contribution >= 0.6 is 0 Å². The molecule has 2 aromatic carbocycles. The molecule has 1 heterocycles. The molecule has 1 unspecified atom stereocenters. The Kier molecular flexibility index (Phi) is 5.42. The highest BCUT2D eigenvalue weighted by Gasteiger charge is 2.17. The second-order valence-corrected chi connectivity index (χ2v) is 5.66. The summed E-state index contributed by atoms with van der Waals surface area (Å²) in [6, 6.07) is 23.0. The lowest BCUT2D eigenvalue weighted by molar-refractivity contribution is 0.0952. The molecule has 4 heteroatoms. The van der Waals surface area contributed by atoms with E-state index < -0.39 is 0 Å². The molecule has 0 aliphatic heterocycles. The van der Waals surface area contributed by atoms with E-state index in [0.717, 1.165) is 11.3 Å². The minimum Gasteiger partial charge on any atom is -0.497 e. The maximum atomic E-state index is 12.5. The van der Waals surface area contributed by atoms with Crippen LogP contribution in [0.2, 0.25) is 0 Å². The predicted molar refractivity (Wildman–Crippen MR) is 97.8 cm³/mol. The van der Waals surface area contributed by atoms with E-state index in [0.29, 0.717) is 17.9 Å². The lowest BCUT2D eigenvalue weighted by Crippen LogP contribution is -2.29. The van der Waals surface area contributed by atoms with Gasteiger partial charge in [0.1, 0.15) is 5.75 Å². The SMILES string of the molecule is COc1cccc(C(=O)NCC(c2ccccc2)c2ccccn2)c1. The lowest BCUT2D eigenvalue weighted by atomic mass is 9.95. The molecule has 0 aliphatic carbocycles. The molecule has 4 nitrogen and oxygen atoms in total. The van der Waals surface area contributed by atoms with Gasteiger partial charge in [0.05, 0.1) is 7.11 Å². The molecule has 1 amide bonds. The molecule has 0 saturated heterocycles. The molecule has 0 saturated carbocycles. The number of rotatable bonds is 6. The highest BCUT2D eigenvalue weighted by Crippen LogP contribution is 2.22. The quantitative estimate of drug-likeness (QED) is 0.749. The molecule has 0 radical (unpaired) electrons. The molecular formula is C21H20N2O2. The maximum absolute atomic E-state index is 12.5. The molecular weight excluding hydrogens is 312 g/mol. The van der Waals surface area contributed by atoms with Crippen molar-refractivity contribution in [2.75, 3.05) is 13.7 Å². The summed E-state index contributed by atoms with van der Waals surface area (Å²) in [5.41, 5.74) is 2.62. The smallest absolute Gasteiger partial charge is 0.251 e. The number of carbonyl (C=O) groups is 1. The highest BCUT2D eigenvalue weighted by molar-refractivity contribution is 5.94. The van der Waals surface area contributed by atoms with Crippen molar-refractivity contribution in [3.63, 3.8) is 0 Å². The van der Waals surface area contributed by atoms with Gasteiger partial charge < -0.3 is 10.1 Å². The Morgan fingerprint density at radius 1 is 1.04 bits per heavy atom. The largest absolute Gasteiger partial charge is 0.497 e. The van der Waals surface area contributed by atoms with Crippen LogP contribution in [0.1, 0.15) is 27.5 Å². The van der Waals surface area contributed by atoms with E-state index in [9.17, 15) is 4.79 Å². The third kappa shape index (κ3) is 4.23. The standard InChI is InChI=1S/C21H20N2O2/c1-25-18-11-7-10-17(14-18)21(24)23-15-19(16-8-3-2-4-9-16)20-12-5-6-13-22-20/h2-14,19H,15H2,1H3,(H,23,24). The van der Waals surface area contributed by atoms with Crippen LogP contribution in [0.25, 0.3) is 0 Å². The molecule has 0 aliphatic rings. The highest BCUT2D eigenvalue weighted by atomic mass is 16.5. The van der Waals surface area contributed by atoms with Crippen molar-refractivity contribution in [3.05, 3.63) is 95.8 Å². The van der Waals surface area contributed by atoms with Gasteiger partial charge in [-0.1, -0.05) is 42.5 Å². The van der Waals surface area contributed by atoms with Crippen LogP contribution in [0.4, 0.5) is 0 Å². The molecule has 0 bridgehead atoms. The van der Waals surface area contributed by atoms with Gasteiger partial charge in [0.25, 0.3) is 5.91 Å². The van der Waals surface area contributed by atoms with E-state index in [1.165, 1.54) is 0 Å². The average Bonchev–Trinajstić information content (AvgIpc) is 2.69. The number of hydrogen-bond acceptors (Lipinski definition) is 3. The molecule has 0 fully saturated rings. The minimum atomic E-state index is -0.129. The van der Waals surface area contributed by atoms with Crippen molar-refractivity contribution in [3.8, 4) is 5.75 Å². The van der Waals surface area contributed by atoms with Crippen LogP contribution in [-0.4, -0.2) is 24.5 Å². The fraction of sp³-hybridized carbons (Fsp3) is 0.143. The van der Waals surface area contributed by atoms with E-state index in [-0.39, 0.29) is 11.8 Å². The summed E-state index contributed by atoms with van der Waals surface area (Å²) in [5, 5.41) is 3.01. The van der Waals surface area contributed by atoms with Gasteiger partial charge in [-0.3, -0.25) is 9.78 Å². The van der Waals surface area contributed by atoms with E-state index in [1.54, 1.807) is 31.5 Å². The second-order valence-electron chi connectivity index (χ2n) is 5.66. The van der Waals surface area contributed by atoms with Crippen molar-refractivity contribution in [1.82, 2.24) is 10.3 Å². The summed E-state index contributed by atoms with van der Waals surface area (Å²) in [6.45, 7) is 0.469. The number of nitrogens with one attached hydrogen (secondary N) is 1. The molecule has 3 rings (SSSR count). The first-order valence-electron chi connectivity index (χ1n) is 8.16. The fourth-order valence-corrected chi connectivity index (χ4v) is 2.72. The Morgan fingerprint density at radius 2 is 1.84 bits per heavy atom. The van der Waals surface area contributed by atoms with Gasteiger partial charge in [0.15, 0.2) is 0 Å². The average molecular weight is 332 g/mol. The van der Waals surface area contributed by atoms with Crippen LogP contribution in [0, 0.1) is 0 Å². The van der Waals surface area contributed by atoms with Crippen LogP contribution in [0.15, 0.2) is 79.0 Å².